The molecule has 0 atom stereocenters. The highest BCUT2D eigenvalue weighted by Gasteiger charge is 2.15. The first-order valence-corrected chi connectivity index (χ1v) is 5.25. The zero-order chi connectivity index (χ0) is 10.2. The second-order valence-corrected chi connectivity index (χ2v) is 4.61. The molecule has 0 aliphatic heterocycles. The Hall–Kier alpha value is -1.37. The molecule has 72 valence electrons. The number of rotatable bonds is 1. The van der Waals surface area contributed by atoms with Crippen LogP contribution in [0.4, 0.5) is 5.69 Å². The fourth-order valence-corrected chi connectivity index (χ4v) is 1.56. The standard InChI is InChI=1S/C6H9N3O3S/c1-9-6(10)5(7)4(3-8-9)13(2,11)12/h3H,7H2,1-2H3. The topological polar surface area (TPSA) is 95.1 Å². The van der Waals surface area contributed by atoms with Gasteiger partial charge in [-0.2, -0.15) is 5.10 Å². The van der Waals surface area contributed by atoms with Crippen molar-refractivity contribution in [3.05, 3.63) is 16.6 Å². The maximum atomic E-state index is 11.1. The summed E-state index contributed by atoms with van der Waals surface area (Å²) in [4.78, 5) is 10.9. The summed E-state index contributed by atoms with van der Waals surface area (Å²) in [7, 11) is -2.08. The van der Waals surface area contributed by atoms with Crippen molar-refractivity contribution < 1.29 is 8.42 Å². The molecule has 0 fully saturated rings. The lowest BCUT2D eigenvalue weighted by Gasteiger charge is -2.02. The summed E-state index contributed by atoms with van der Waals surface area (Å²) in [6.07, 6.45) is 2.03. The van der Waals surface area contributed by atoms with E-state index in [1.165, 1.54) is 7.05 Å². The molecule has 1 aromatic heterocycles. The van der Waals surface area contributed by atoms with Gasteiger partial charge in [-0.05, 0) is 0 Å². The van der Waals surface area contributed by atoms with E-state index in [1.54, 1.807) is 0 Å². The Kier molecular flexibility index (Phi) is 2.12. The van der Waals surface area contributed by atoms with Crippen LogP contribution in [0.2, 0.25) is 0 Å². The SMILES string of the molecule is Cn1ncc(S(C)(=O)=O)c(N)c1=O. The number of anilines is 1. The lowest BCUT2D eigenvalue weighted by Crippen LogP contribution is -2.25. The van der Waals surface area contributed by atoms with E-state index >= 15 is 0 Å². The second kappa shape index (κ2) is 2.84. The van der Waals surface area contributed by atoms with Crippen molar-refractivity contribution in [3.8, 4) is 0 Å². The first-order valence-electron chi connectivity index (χ1n) is 3.36. The van der Waals surface area contributed by atoms with Crippen molar-refractivity contribution >= 4 is 15.5 Å². The molecular formula is C6H9N3O3S. The highest BCUT2D eigenvalue weighted by Crippen LogP contribution is 2.10. The zero-order valence-corrected chi connectivity index (χ0v) is 8.00. The second-order valence-electron chi connectivity index (χ2n) is 2.62. The number of aryl methyl sites for hydroxylation is 1. The van der Waals surface area contributed by atoms with Gasteiger partial charge in [-0.1, -0.05) is 0 Å². The number of hydrogen-bond donors (Lipinski definition) is 1. The fraction of sp³-hybridized carbons (Fsp3) is 0.333. The minimum atomic E-state index is -3.47. The van der Waals surface area contributed by atoms with E-state index in [0.717, 1.165) is 17.1 Å². The number of sulfone groups is 1. The molecule has 0 saturated carbocycles. The van der Waals surface area contributed by atoms with Gasteiger partial charge in [-0.15, -0.1) is 0 Å². The molecule has 0 radical (unpaired) electrons. The lowest BCUT2D eigenvalue weighted by molar-refractivity contribution is 0.599. The third-order valence-corrected chi connectivity index (χ3v) is 2.66. The number of aromatic nitrogens is 2. The fourth-order valence-electron chi connectivity index (χ4n) is 0.836. The molecule has 1 rings (SSSR count). The minimum absolute atomic E-state index is 0.226. The summed E-state index contributed by atoms with van der Waals surface area (Å²) in [5, 5.41) is 3.55. The van der Waals surface area contributed by atoms with Crippen molar-refractivity contribution in [2.45, 2.75) is 4.90 Å². The first kappa shape index (κ1) is 9.72. The van der Waals surface area contributed by atoms with Crippen LogP contribution in [0.1, 0.15) is 0 Å². The third kappa shape index (κ3) is 1.69. The van der Waals surface area contributed by atoms with Gasteiger partial charge in [0.15, 0.2) is 9.84 Å². The number of nitrogens with two attached hydrogens (primary N) is 1. The van der Waals surface area contributed by atoms with Crippen LogP contribution in [-0.4, -0.2) is 24.5 Å². The van der Waals surface area contributed by atoms with E-state index in [2.05, 4.69) is 5.10 Å². The highest BCUT2D eigenvalue weighted by molar-refractivity contribution is 7.90. The average molecular weight is 203 g/mol. The van der Waals surface area contributed by atoms with Crippen molar-refractivity contribution in [1.82, 2.24) is 9.78 Å². The summed E-state index contributed by atoms with van der Waals surface area (Å²) in [6, 6.07) is 0. The van der Waals surface area contributed by atoms with Crippen LogP contribution in [0.25, 0.3) is 0 Å². The molecule has 6 nitrogen and oxygen atoms in total. The Morgan fingerprint density at radius 2 is 2.08 bits per heavy atom. The summed E-state index contributed by atoms with van der Waals surface area (Å²) in [6.45, 7) is 0. The van der Waals surface area contributed by atoms with Gasteiger partial charge in [-0.3, -0.25) is 4.79 Å². The molecule has 13 heavy (non-hydrogen) atoms. The summed E-state index contributed by atoms with van der Waals surface area (Å²) in [5.41, 5.74) is 4.42. The van der Waals surface area contributed by atoms with E-state index in [1.807, 2.05) is 0 Å². The molecule has 0 unspecified atom stereocenters. The van der Waals surface area contributed by atoms with Crippen LogP contribution in [-0.2, 0) is 16.9 Å². The number of nitrogens with zero attached hydrogens (tertiary/aromatic N) is 2. The molecule has 0 spiro atoms. The Morgan fingerprint density at radius 3 is 2.54 bits per heavy atom. The molecule has 0 aliphatic carbocycles. The minimum Gasteiger partial charge on any atom is -0.393 e. The molecule has 0 amide bonds. The van der Waals surface area contributed by atoms with Crippen LogP contribution in [0, 0.1) is 0 Å². The monoisotopic (exact) mass is 203 g/mol. The molecule has 0 bridgehead atoms. The van der Waals surface area contributed by atoms with Crippen LogP contribution in [0.3, 0.4) is 0 Å². The van der Waals surface area contributed by atoms with Gasteiger partial charge in [0, 0.05) is 13.3 Å². The van der Waals surface area contributed by atoms with Crippen molar-refractivity contribution in [1.29, 1.82) is 0 Å². The van der Waals surface area contributed by atoms with Gasteiger partial charge in [-0.25, -0.2) is 13.1 Å². The molecular weight excluding hydrogens is 194 g/mol. The zero-order valence-electron chi connectivity index (χ0n) is 7.18. The van der Waals surface area contributed by atoms with Gasteiger partial charge in [0.2, 0.25) is 0 Å². The Bertz CT molecular complexity index is 488. The molecule has 1 aromatic rings. The molecule has 0 aliphatic rings. The molecule has 1 heterocycles. The maximum Gasteiger partial charge on any atom is 0.290 e. The van der Waals surface area contributed by atoms with Gasteiger partial charge in [0.1, 0.15) is 10.6 Å². The van der Waals surface area contributed by atoms with Crippen molar-refractivity contribution in [3.63, 3.8) is 0 Å². The molecule has 0 saturated heterocycles. The predicted octanol–water partition coefficient (Wildman–Crippen LogP) is -1.23. The smallest absolute Gasteiger partial charge is 0.290 e. The van der Waals surface area contributed by atoms with E-state index in [4.69, 9.17) is 5.73 Å². The van der Waals surface area contributed by atoms with E-state index < -0.39 is 15.4 Å². The molecule has 7 heteroatoms. The Balaban J connectivity index is 3.63. The summed E-state index contributed by atoms with van der Waals surface area (Å²) < 4.78 is 23.1. The van der Waals surface area contributed by atoms with Crippen LogP contribution in [0.5, 0.6) is 0 Å². The predicted molar refractivity (Wildman–Crippen MR) is 47.0 cm³/mol. The molecule has 2 N–H and O–H groups in total. The average Bonchev–Trinajstić information content (AvgIpc) is 1.98. The van der Waals surface area contributed by atoms with E-state index in [0.29, 0.717) is 0 Å². The van der Waals surface area contributed by atoms with Crippen LogP contribution < -0.4 is 11.3 Å². The van der Waals surface area contributed by atoms with E-state index in [9.17, 15) is 13.2 Å². The van der Waals surface area contributed by atoms with Crippen LogP contribution in [0.15, 0.2) is 15.9 Å². The quantitative estimate of drug-likeness (QED) is 0.616. The van der Waals surface area contributed by atoms with Crippen molar-refractivity contribution in [2.75, 3.05) is 12.0 Å². The first-order chi connectivity index (χ1) is 5.84. The van der Waals surface area contributed by atoms with E-state index in [-0.39, 0.29) is 10.6 Å². The highest BCUT2D eigenvalue weighted by atomic mass is 32.2. The number of nitrogen functional groups attached to an aromatic ring is 1. The Labute approximate surface area is 74.9 Å². The normalized spacial score (nSPS) is 11.5. The van der Waals surface area contributed by atoms with Crippen LogP contribution >= 0.6 is 0 Å². The van der Waals surface area contributed by atoms with Gasteiger partial charge >= 0.3 is 0 Å². The largest absolute Gasteiger partial charge is 0.393 e. The molecule has 0 aromatic carbocycles. The third-order valence-electron chi connectivity index (χ3n) is 1.54. The van der Waals surface area contributed by atoms with Crippen molar-refractivity contribution in [2.24, 2.45) is 7.05 Å². The lowest BCUT2D eigenvalue weighted by atomic mass is 10.5. The van der Waals surface area contributed by atoms with Gasteiger partial charge in [0.05, 0.1) is 6.20 Å². The maximum absolute atomic E-state index is 11.1. The van der Waals surface area contributed by atoms with Gasteiger partial charge in [0.25, 0.3) is 5.56 Å². The summed E-state index contributed by atoms with van der Waals surface area (Å²) >= 11 is 0. The number of hydrogen-bond acceptors (Lipinski definition) is 5. The van der Waals surface area contributed by atoms with Gasteiger partial charge < -0.3 is 5.73 Å². The Morgan fingerprint density at radius 1 is 1.54 bits per heavy atom. The summed E-state index contributed by atoms with van der Waals surface area (Å²) in [5.74, 6) is 0.